The van der Waals surface area contributed by atoms with Gasteiger partial charge in [0.2, 0.25) is 0 Å². The van der Waals surface area contributed by atoms with E-state index < -0.39 is 11.9 Å². The Kier molecular flexibility index (Phi) is 4.36. The molecular weight excluding hydrogens is 264 g/mol. The van der Waals surface area contributed by atoms with E-state index in [0.29, 0.717) is 10.7 Å². The van der Waals surface area contributed by atoms with Gasteiger partial charge in [0.1, 0.15) is 0 Å². The molecule has 0 aliphatic heterocycles. The molecule has 0 bridgehead atoms. The fourth-order valence-corrected chi connectivity index (χ4v) is 1.91. The standard InChI is InChI=1S/C14H13ClN2O2/c15-12-9-5-4-8-11(12)13(18)17-14(19)16-10-6-2-1-3-7-10/h2,4-9H,1,3H2,(H2,16,17,18,19). The topological polar surface area (TPSA) is 58.2 Å². The number of nitrogens with one attached hydrogen (secondary N) is 2. The lowest BCUT2D eigenvalue weighted by molar-refractivity contribution is 0.0965. The zero-order valence-electron chi connectivity index (χ0n) is 10.2. The Hall–Kier alpha value is -2.07. The number of hydrogen-bond acceptors (Lipinski definition) is 2. The van der Waals surface area contributed by atoms with Crippen LogP contribution in [0, 0.1) is 0 Å². The van der Waals surface area contributed by atoms with Gasteiger partial charge in [-0.05, 0) is 31.1 Å². The van der Waals surface area contributed by atoms with Crippen molar-refractivity contribution < 1.29 is 9.59 Å². The van der Waals surface area contributed by atoms with E-state index in [2.05, 4.69) is 10.6 Å². The molecular formula is C14H13ClN2O2. The van der Waals surface area contributed by atoms with Crippen LogP contribution in [0.1, 0.15) is 23.2 Å². The van der Waals surface area contributed by atoms with E-state index in [1.807, 2.05) is 18.2 Å². The molecule has 4 nitrogen and oxygen atoms in total. The summed E-state index contributed by atoms with van der Waals surface area (Å²) in [5.74, 6) is -0.525. The second-order valence-electron chi connectivity index (χ2n) is 4.03. The number of rotatable bonds is 2. The number of imide groups is 1. The van der Waals surface area contributed by atoms with Gasteiger partial charge in [0.25, 0.3) is 5.91 Å². The van der Waals surface area contributed by atoms with Crippen molar-refractivity contribution in [3.8, 4) is 0 Å². The molecule has 0 spiro atoms. The van der Waals surface area contributed by atoms with Crippen molar-refractivity contribution >= 4 is 23.5 Å². The van der Waals surface area contributed by atoms with Gasteiger partial charge in [0, 0.05) is 5.70 Å². The number of allylic oxidation sites excluding steroid dienone is 3. The monoisotopic (exact) mass is 276 g/mol. The van der Waals surface area contributed by atoms with Gasteiger partial charge in [-0.2, -0.15) is 0 Å². The van der Waals surface area contributed by atoms with Gasteiger partial charge in [-0.15, -0.1) is 0 Å². The lowest BCUT2D eigenvalue weighted by Gasteiger charge is -2.10. The molecule has 0 saturated heterocycles. The van der Waals surface area contributed by atoms with Crippen LogP contribution in [0.15, 0.2) is 48.2 Å². The van der Waals surface area contributed by atoms with Crippen LogP contribution in [0.4, 0.5) is 4.79 Å². The van der Waals surface area contributed by atoms with E-state index in [1.54, 1.807) is 24.3 Å². The molecule has 0 fully saturated rings. The number of urea groups is 1. The molecule has 3 amide bonds. The summed E-state index contributed by atoms with van der Waals surface area (Å²) in [5, 5.41) is 5.15. The molecule has 1 aliphatic rings. The number of amides is 3. The van der Waals surface area contributed by atoms with E-state index in [1.165, 1.54) is 0 Å². The molecule has 0 saturated carbocycles. The quantitative estimate of drug-likeness (QED) is 0.872. The molecule has 1 aromatic carbocycles. The fourth-order valence-electron chi connectivity index (χ4n) is 1.68. The van der Waals surface area contributed by atoms with Gasteiger partial charge >= 0.3 is 6.03 Å². The highest BCUT2D eigenvalue weighted by Crippen LogP contribution is 2.14. The van der Waals surface area contributed by atoms with Crippen LogP contribution in [0.2, 0.25) is 5.02 Å². The van der Waals surface area contributed by atoms with Crippen LogP contribution < -0.4 is 10.6 Å². The maximum atomic E-state index is 11.8. The normalized spacial score (nSPS) is 13.6. The largest absolute Gasteiger partial charge is 0.326 e. The summed E-state index contributed by atoms with van der Waals surface area (Å²) in [6.07, 6.45) is 7.52. The number of carbonyl (C=O) groups is 2. The molecule has 2 rings (SSSR count). The van der Waals surface area contributed by atoms with Crippen molar-refractivity contribution in [2.24, 2.45) is 0 Å². The Labute approximate surface area is 116 Å². The van der Waals surface area contributed by atoms with Gasteiger partial charge in [0.15, 0.2) is 0 Å². The zero-order chi connectivity index (χ0) is 13.7. The highest BCUT2D eigenvalue weighted by molar-refractivity contribution is 6.34. The third kappa shape index (κ3) is 3.69. The van der Waals surface area contributed by atoms with Crippen molar-refractivity contribution in [3.63, 3.8) is 0 Å². The maximum Gasteiger partial charge on any atom is 0.326 e. The van der Waals surface area contributed by atoms with E-state index >= 15 is 0 Å². The molecule has 19 heavy (non-hydrogen) atoms. The highest BCUT2D eigenvalue weighted by atomic mass is 35.5. The molecule has 98 valence electrons. The average Bonchev–Trinajstić information content (AvgIpc) is 2.40. The number of hydrogen-bond donors (Lipinski definition) is 2. The summed E-state index contributed by atoms with van der Waals surface area (Å²) in [5.41, 5.74) is 0.961. The first kappa shape index (κ1) is 13.4. The van der Waals surface area contributed by atoms with Gasteiger partial charge < -0.3 is 5.32 Å². The Morgan fingerprint density at radius 2 is 1.95 bits per heavy atom. The van der Waals surface area contributed by atoms with Crippen LogP contribution in [0.25, 0.3) is 0 Å². The fraction of sp³-hybridized carbons (Fsp3) is 0.143. The summed E-state index contributed by atoms with van der Waals surface area (Å²) in [7, 11) is 0. The third-order valence-electron chi connectivity index (χ3n) is 2.60. The van der Waals surface area contributed by atoms with E-state index in [0.717, 1.165) is 12.8 Å². The minimum atomic E-state index is -0.567. The van der Waals surface area contributed by atoms with Gasteiger partial charge in [-0.25, -0.2) is 4.79 Å². The Balaban J connectivity index is 1.96. The number of benzene rings is 1. The Morgan fingerprint density at radius 3 is 2.63 bits per heavy atom. The minimum Gasteiger partial charge on any atom is -0.308 e. The van der Waals surface area contributed by atoms with Gasteiger partial charge in [0.05, 0.1) is 10.6 Å². The molecule has 1 aliphatic carbocycles. The maximum absolute atomic E-state index is 11.8. The number of carbonyl (C=O) groups excluding carboxylic acids is 2. The SMILES string of the molecule is O=C(NC(=O)c1ccccc1Cl)NC1=CCCC=C1. The molecule has 0 radical (unpaired) electrons. The second-order valence-corrected chi connectivity index (χ2v) is 4.43. The summed E-state index contributed by atoms with van der Waals surface area (Å²) in [6, 6.07) is 6.00. The van der Waals surface area contributed by atoms with Gasteiger partial charge in [-0.1, -0.05) is 35.9 Å². The predicted molar refractivity (Wildman–Crippen MR) is 73.9 cm³/mol. The van der Waals surface area contributed by atoms with Crippen LogP contribution in [0.3, 0.4) is 0 Å². The average molecular weight is 277 g/mol. The highest BCUT2D eigenvalue weighted by Gasteiger charge is 2.13. The van der Waals surface area contributed by atoms with Crippen LogP contribution in [-0.2, 0) is 0 Å². The third-order valence-corrected chi connectivity index (χ3v) is 2.93. The summed E-state index contributed by atoms with van der Waals surface area (Å²) >= 11 is 5.88. The van der Waals surface area contributed by atoms with E-state index in [-0.39, 0.29) is 5.56 Å². The Bertz CT molecular complexity index is 564. The lowest BCUT2D eigenvalue weighted by atomic mass is 10.1. The summed E-state index contributed by atoms with van der Waals surface area (Å²) in [4.78, 5) is 23.5. The molecule has 0 heterocycles. The predicted octanol–water partition coefficient (Wildman–Crippen LogP) is 3.01. The molecule has 1 aromatic rings. The molecule has 2 N–H and O–H groups in total. The van der Waals surface area contributed by atoms with Crippen LogP contribution in [-0.4, -0.2) is 11.9 Å². The first-order chi connectivity index (χ1) is 9.16. The van der Waals surface area contributed by atoms with E-state index in [9.17, 15) is 9.59 Å². The van der Waals surface area contributed by atoms with Crippen molar-refractivity contribution in [2.75, 3.05) is 0 Å². The van der Waals surface area contributed by atoms with Crippen LogP contribution >= 0.6 is 11.6 Å². The van der Waals surface area contributed by atoms with Crippen LogP contribution in [0.5, 0.6) is 0 Å². The van der Waals surface area contributed by atoms with Crippen molar-refractivity contribution in [3.05, 3.63) is 58.8 Å². The lowest BCUT2D eigenvalue weighted by Crippen LogP contribution is -2.39. The van der Waals surface area contributed by atoms with Crippen molar-refractivity contribution in [1.29, 1.82) is 0 Å². The first-order valence-electron chi connectivity index (χ1n) is 5.90. The molecule has 0 aromatic heterocycles. The van der Waals surface area contributed by atoms with E-state index in [4.69, 9.17) is 11.6 Å². The molecule has 5 heteroatoms. The summed E-state index contributed by atoms with van der Waals surface area (Å²) in [6.45, 7) is 0. The summed E-state index contributed by atoms with van der Waals surface area (Å²) < 4.78 is 0. The minimum absolute atomic E-state index is 0.271. The Morgan fingerprint density at radius 1 is 1.16 bits per heavy atom. The van der Waals surface area contributed by atoms with Gasteiger partial charge in [-0.3, -0.25) is 10.1 Å². The zero-order valence-corrected chi connectivity index (χ0v) is 10.9. The second kappa shape index (κ2) is 6.20. The number of halogens is 1. The smallest absolute Gasteiger partial charge is 0.308 e. The molecule has 0 unspecified atom stereocenters. The van der Waals surface area contributed by atoms with Crippen molar-refractivity contribution in [2.45, 2.75) is 12.8 Å². The first-order valence-corrected chi connectivity index (χ1v) is 6.28. The molecule has 0 atom stereocenters. The van der Waals surface area contributed by atoms with Crippen molar-refractivity contribution in [1.82, 2.24) is 10.6 Å².